The van der Waals surface area contributed by atoms with Crippen LogP contribution in [0.3, 0.4) is 0 Å². The second-order valence-corrected chi connectivity index (χ2v) is 6.55. The Morgan fingerprint density at radius 3 is 2.88 bits per heavy atom. The van der Waals surface area contributed by atoms with Crippen LogP contribution in [0.5, 0.6) is 0 Å². The van der Waals surface area contributed by atoms with E-state index in [1.54, 1.807) is 16.8 Å². The first-order valence-electron chi connectivity index (χ1n) is 8.10. The Bertz CT molecular complexity index is 1090. The summed E-state index contributed by atoms with van der Waals surface area (Å²) in [4.78, 5) is 33.7. The van der Waals surface area contributed by atoms with Crippen molar-refractivity contribution in [2.24, 2.45) is 0 Å². The fraction of sp³-hybridized carbons (Fsp3) is 0.312. The van der Waals surface area contributed by atoms with E-state index in [0.29, 0.717) is 28.2 Å². The molecule has 0 aromatic carbocycles. The van der Waals surface area contributed by atoms with Crippen molar-refractivity contribution >= 4 is 28.4 Å². The minimum Gasteiger partial charge on any atom is -0.335 e. The highest BCUT2D eigenvalue weighted by Gasteiger charge is 2.48. The summed E-state index contributed by atoms with van der Waals surface area (Å²) in [5.41, 5.74) is 1.37. The normalized spacial score (nSPS) is 17.4. The predicted octanol–water partition coefficient (Wildman–Crippen LogP) is 1.15. The molecule has 126 valence electrons. The van der Waals surface area contributed by atoms with Crippen molar-refractivity contribution in [3.8, 4) is 0 Å². The lowest BCUT2D eigenvalue weighted by Crippen LogP contribution is -2.52. The van der Waals surface area contributed by atoms with Crippen molar-refractivity contribution in [1.82, 2.24) is 30.0 Å². The van der Waals surface area contributed by atoms with Crippen LogP contribution < -0.4 is 16.2 Å². The molecule has 0 atom stereocenters. The number of carbonyl (C=O) groups excluding carboxylic acids is 1. The van der Waals surface area contributed by atoms with E-state index in [1.807, 2.05) is 6.92 Å². The molecule has 3 aromatic rings. The number of pyridine rings is 1. The number of carbonyl (C=O) groups is 1. The van der Waals surface area contributed by atoms with Crippen LogP contribution in [0.2, 0.25) is 0 Å². The van der Waals surface area contributed by atoms with Crippen LogP contribution in [0.25, 0.3) is 11.0 Å². The minimum atomic E-state index is -0.567. The van der Waals surface area contributed by atoms with Crippen LogP contribution in [-0.4, -0.2) is 30.6 Å². The standard InChI is InChI=1S/C16H15N7O2/c1-8-5-10(20-12-9-6-19-22-13(9)18-7-17-12)15(25)23-11(8)14(24)21-16(23)3-2-4-16/h5-7H,2-4H2,1H3,(H,21,24)(H2,17,18,19,20,22). The zero-order valence-electron chi connectivity index (χ0n) is 13.5. The number of anilines is 2. The van der Waals surface area contributed by atoms with Crippen LogP contribution in [-0.2, 0) is 5.66 Å². The van der Waals surface area contributed by atoms with Gasteiger partial charge in [0.2, 0.25) is 0 Å². The lowest BCUT2D eigenvalue weighted by Gasteiger charge is -2.39. The zero-order valence-corrected chi connectivity index (χ0v) is 13.5. The van der Waals surface area contributed by atoms with Crippen molar-refractivity contribution in [1.29, 1.82) is 0 Å². The van der Waals surface area contributed by atoms with E-state index in [1.165, 1.54) is 6.33 Å². The maximum Gasteiger partial charge on any atom is 0.276 e. The highest BCUT2D eigenvalue weighted by Crippen LogP contribution is 2.41. The van der Waals surface area contributed by atoms with Crippen molar-refractivity contribution in [2.75, 3.05) is 5.32 Å². The third-order valence-electron chi connectivity index (χ3n) is 5.06. The van der Waals surface area contributed by atoms with Gasteiger partial charge in [0.25, 0.3) is 11.5 Å². The molecule has 0 bridgehead atoms. The van der Waals surface area contributed by atoms with Crippen LogP contribution in [0.1, 0.15) is 35.3 Å². The molecule has 4 heterocycles. The summed E-state index contributed by atoms with van der Waals surface area (Å²) in [5.74, 6) is 0.316. The second-order valence-electron chi connectivity index (χ2n) is 6.55. The molecule has 3 aromatic heterocycles. The molecule has 3 N–H and O–H groups in total. The van der Waals surface area contributed by atoms with E-state index in [-0.39, 0.29) is 11.5 Å². The Morgan fingerprint density at radius 1 is 1.28 bits per heavy atom. The number of hydrogen-bond donors (Lipinski definition) is 3. The van der Waals surface area contributed by atoms with Crippen molar-refractivity contribution in [2.45, 2.75) is 31.8 Å². The molecule has 0 radical (unpaired) electrons. The predicted molar refractivity (Wildman–Crippen MR) is 89.7 cm³/mol. The molecule has 1 fully saturated rings. The Balaban J connectivity index is 1.68. The molecule has 1 saturated carbocycles. The summed E-state index contributed by atoms with van der Waals surface area (Å²) in [6.45, 7) is 1.83. The molecule has 0 saturated heterocycles. The van der Waals surface area contributed by atoms with Gasteiger partial charge in [0, 0.05) is 0 Å². The van der Waals surface area contributed by atoms with Gasteiger partial charge in [-0.25, -0.2) is 9.97 Å². The van der Waals surface area contributed by atoms with Gasteiger partial charge < -0.3 is 10.6 Å². The highest BCUT2D eigenvalue weighted by molar-refractivity contribution is 5.97. The number of nitrogens with one attached hydrogen (secondary N) is 3. The number of aromatic nitrogens is 5. The molecule has 2 aliphatic rings. The zero-order chi connectivity index (χ0) is 17.2. The number of aromatic amines is 1. The van der Waals surface area contributed by atoms with E-state index >= 15 is 0 Å². The van der Waals surface area contributed by atoms with E-state index < -0.39 is 5.66 Å². The monoisotopic (exact) mass is 337 g/mol. The fourth-order valence-corrected chi connectivity index (χ4v) is 3.70. The van der Waals surface area contributed by atoms with Crippen molar-refractivity contribution in [3.63, 3.8) is 0 Å². The van der Waals surface area contributed by atoms with E-state index in [0.717, 1.165) is 24.8 Å². The molecule has 25 heavy (non-hydrogen) atoms. The largest absolute Gasteiger partial charge is 0.335 e. The molecule has 5 rings (SSSR count). The summed E-state index contributed by atoms with van der Waals surface area (Å²) >= 11 is 0. The third kappa shape index (κ3) is 1.80. The number of amides is 1. The highest BCUT2D eigenvalue weighted by atomic mass is 16.2. The van der Waals surface area contributed by atoms with Gasteiger partial charge in [-0.15, -0.1) is 0 Å². The molecule has 9 nitrogen and oxygen atoms in total. The third-order valence-corrected chi connectivity index (χ3v) is 5.06. The minimum absolute atomic E-state index is 0.180. The Hall–Kier alpha value is -3.23. The van der Waals surface area contributed by atoms with Gasteiger partial charge in [-0.05, 0) is 37.8 Å². The molecular weight excluding hydrogens is 322 g/mol. The smallest absolute Gasteiger partial charge is 0.276 e. The quantitative estimate of drug-likeness (QED) is 0.645. The van der Waals surface area contributed by atoms with Gasteiger partial charge in [-0.3, -0.25) is 19.3 Å². The molecule has 9 heteroatoms. The number of nitrogens with zero attached hydrogens (tertiary/aromatic N) is 4. The number of H-pyrrole nitrogens is 1. The van der Waals surface area contributed by atoms with E-state index in [2.05, 4.69) is 30.8 Å². The van der Waals surface area contributed by atoms with Gasteiger partial charge in [0.15, 0.2) is 5.65 Å². The summed E-state index contributed by atoms with van der Waals surface area (Å²) in [5, 5.41) is 13.5. The van der Waals surface area contributed by atoms with Gasteiger partial charge in [0.05, 0.1) is 11.6 Å². The Kier molecular flexibility index (Phi) is 2.63. The first-order valence-corrected chi connectivity index (χ1v) is 8.10. The topological polar surface area (TPSA) is 118 Å². The number of fused-ring (bicyclic) bond motifs is 3. The fourth-order valence-electron chi connectivity index (χ4n) is 3.70. The van der Waals surface area contributed by atoms with Crippen LogP contribution in [0.4, 0.5) is 11.5 Å². The maximum atomic E-state index is 13.1. The SMILES string of the molecule is Cc1cc(Nc2ncnc3[nH]ncc23)c(=O)n2c1C(=O)NC21CCC1. The Morgan fingerprint density at radius 2 is 2.12 bits per heavy atom. The van der Waals surface area contributed by atoms with Crippen molar-refractivity contribution < 1.29 is 4.79 Å². The Labute approximate surface area is 141 Å². The molecule has 1 aliphatic carbocycles. The average molecular weight is 337 g/mol. The summed E-state index contributed by atoms with van der Waals surface area (Å²) < 4.78 is 1.62. The van der Waals surface area contributed by atoms with E-state index in [9.17, 15) is 9.59 Å². The van der Waals surface area contributed by atoms with Gasteiger partial charge in [0.1, 0.15) is 29.2 Å². The average Bonchev–Trinajstić information content (AvgIpc) is 3.15. The lowest BCUT2D eigenvalue weighted by atomic mass is 9.85. The lowest BCUT2D eigenvalue weighted by molar-refractivity contribution is 0.0790. The van der Waals surface area contributed by atoms with Gasteiger partial charge in [-0.2, -0.15) is 5.10 Å². The van der Waals surface area contributed by atoms with Gasteiger partial charge in [-0.1, -0.05) is 0 Å². The summed E-state index contributed by atoms with van der Waals surface area (Å²) in [6.07, 6.45) is 5.54. The number of rotatable bonds is 2. The van der Waals surface area contributed by atoms with Crippen LogP contribution in [0, 0.1) is 6.92 Å². The van der Waals surface area contributed by atoms with Crippen LogP contribution >= 0.6 is 0 Å². The first-order chi connectivity index (χ1) is 12.1. The maximum absolute atomic E-state index is 13.1. The summed E-state index contributed by atoms with van der Waals surface area (Å²) in [7, 11) is 0. The molecule has 0 unspecified atom stereocenters. The van der Waals surface area contributed by atoms with Crippen LogP contribution in [0.15, 0.2) is 23.4 Å². The van der Waals surface area contributed by atoms with E-state index in [4.69, 9.17) is 0 Å². The van der Waals surface area contributed by atoms with Gasteiger partial charge >= 0.3 is 0 Å². The molecule has 1 amide bonds. The first kappa shape index (κ1) is 14.1. The molecule has 1 aliphatic heterocycles. The number of aryl methyl sites for hydroxylation is 1. The van der Waals surface area contributed by atoms with Crippen molar-refractivity contribution in [3.05, 3.63) is 40.2 Å². The summed E-state index contributed by atoms with van der Waals surface area (Å²) in [6, 6.07) is 1.69. The molecule has 1 spiro atoms. The molecular formula is C16H15N7O2. The number of hydrogen-bond acceptors (Lipinski definition) is 6. The second kappa shape index (κ2) is 4.65.